The number of benzene rings is 1. The lowest BCUT2D eigenvalue weighted by Gasteiger charge is -2.27. The molecule has 2 aliphatic heterocycles. The highest BCUT2D eigenvalue weighted by Gasteiger charge is 2.44. The number of fused-ring (bicyclic) bond motifs is 2. The van der Waals surface area contributed by atoms with E-state index in [1.54, 1.807) is 16.9 Å². The van der Waals surface area contributed by atoms with Gasteiger partial charge in [0.1, 0.15) is 23.5 Å². The van der Waals surface area contributed by atoms with Crippen LogP contribution in [0.1, 0.15) is 38.3 Å². The van der Waals surface area contributed by atoms with Gasteiger partial charge in [0, 0.05) is 29.3 Å². The number of carbonyl (C=O) groups excluding carboxylic acids is 1. The minimum atomic E-state index is -1.12. The topological polar surface area (TPSA) is 71.8 Å². The smallest absolute Gasteiger partial charge is 0.236 e. The summed E-state index contributed by atoms with van der Waals surface area (Å²) in [5, 5.41) is 11.4. The molecule has 0 aliphatic carbocycles. The maximum absolute atomic E-state index is 14.7. The van der Waals surface area contributed by atoms with Crippen molar-refractivity contribution in [1.29, 1.82) is 0 Å². The van der Waals surface area contributed by atoms with Crippen molar-refractivity contribution in [3.05, 3.63) is 41.8 Å². The van der Waals surface area contributed by atoms with Crippen LogP contribution in [-0.2, 0) is 10.2 Å². The lowest BCUT2D eigenvalue weighted by atomic mass is 9.79. The number of piperidine rings is 1. The molecule has 30 heavy (non-hydrogen) atoms. The number of aromatic nitrogens is 3. The summed E-state index contributed by atoms with van der Waals surface area (Å²) in [6.45, 7) is 4.77. The highest BCUT2D eigenvalue weighted by atomic mass is 19.1. The number of nitrogens with zero attached hydrogens (tertiary/aromatic N) is 3. The zero-order chi connectivity index (χ0) is 21.0. The molecule has 156 valence electrons. The second-order valence-corrected chi connectivity index (χ2v) is 8.25. The van der Waals surface area contributed by atoms with Crippen LogP contribution in [0.3, 0.4) is 0 Å². The Hall–Kier alpha value is -2.87. The normalized spacial score (nSPS) is 26.1. The van der Waals surface area contributed by atoms with E-state index in [4.69, 9.17) is 5.10 Å². The van der Waals surface area contributed by atoms with Crippen LogP contribution >= 0.6 is 0 Å². The Morgan fingerprint density at radius 3 is 2.93 bits per heavy atom. The van der Waals surface area contributed by atoms with E-state index >= 15 is 0 Å². The van der Waals surface area contributed by atoms with Crippen LogP contribution in [0.2, 0.25) is 0 Å². The number of halogens is 2. The van der Waals surface area contributed by atoms with Gasteiger partial charge in [0.05, 0.1) is 17.0 Å². The van der Waals surface area contributed by atoms with Gasteiger partial charge >= 0.3 is 0 Å². The summed E-state index contributed by atoms with van der Waals surface area (Å²) < 4.78 is 30.5. The molecular weight excluding hydrogens is 388 g/mol. The molecule has 0 bridgehead atoms. The summed E-state index contributed by atoms with van der Waals surface area (Å²) in [7, 11) is 0. The van der Waals surface area contributed by atoms with E-state index in [1.165, 1.54) is 12.1 Å². The van der Waals surface area contributed by atoms with E-state index in [-0.39, 0.29) is 12.5 Å². The molecule has 1 saturated heterocycles. The highest BCUT2D eigenvalue weighted by Crippen LogP contribution is 2.45. The van der Waals surface area contributed by atoms with E-state index < -0.39 is 23.4 Å². The number of pyridine rings is 1. The Balaban J connectivity index is 1.77. The zero-order valence-electron chi connectivity index (χ0n) is 16.9. The molecule has 1 fully saturated rings. The van der Waals surface area contributed by atoms with Crippen molar-refractivity contribution in [1.82, 2.24) is 20.1 Å². The molecular formula is C22H23F2N5O. The van der Waals surface area contributed by atoms with Gasteiger partial charge in [0.15, 0.2) is 0 Å². The summed E-state index contributed by atoms with van der Waals surface area (Å²) in [5.41, 5.74) is 1.98. The fourth-order valence-electron chi connectivity index (χ4n) is 4.65. The molecule has 0 radical (unpaired) electrons. The molecule has 6 nitrogen and oxygen atoms in total. The molecule has 3 atom stereocenters. The first kappa shape index (κ1) is 19.1. The van der Waals surface area contributed by atoms with Crippen molar-refractivity contribution in [2.75, 3.05) is 18.4 Å². The molecule has 1 amide bonds. The van der Waals surface area contributed by atoms with Crippen molar-refractivity contribution in [2.45, 2.75) is 44.3 Å². The van der Waals surface area contributed by atoms with Crippen molar-refractivity contribution >= 4 is 22.6 Å². The lowest BCUT2D eigenvalue weighted by molar-refractivity contribution is -0.120. The minimum absolute atomic E-state index is 0.100. The molecule has 4 heterocycles. The summed E-state index contributed by atoms with van der Waals surface area (Å²) in [4.78, 5) is 17.0. The first-order valence-electron chi connectivity index (χ1n) is 10.3. The van der Waals surface area contributed by atoms with E-state index in [9.17, 15) is 13.6 Å². The lowest BCUT2D eigenvalue weighted by Crippen LogP contribution is -2.39. The first-order chi connectivity index (χ1) is 14.4. The monoisotopic (exact) mass is 411 g/mol. The molecule has 0 saturated carbocycles. The predicted octanol–water partition coefficient (Wildman–Crippen LogP) is 3.73. The first-order valence-corrected chi connectivity index (χ1v) is 10.3. The Morgan fingerprint density at radius 2 is 2.17 bits per heavy atom. The third-order valence-electron chi connectivity index (χ3n) is 6.56. The number of carbonyl (C=O) groups is 1. The Bertz CT molecular complexity index is 1160. The quantitative estimate of drug-likeness (QED) is 0.689. The van der Waals surface area contributed by atoms with Gasteiger partial charge in [-0.25, -0.2) is 13.8 Å². The van der Waals surface area contributed by atoms with Gasteiger partial charge in [0.2, 0.25) is 5.91 Å². The van der Waals surface area contributed by atoms with Gasteiger partial charge in [-0.3, -0.25) is 9.48 Å². The van der Waals surface area contributed by atoms with Crippen molar-refractivity contribution in [3.63, 3.8) is 0 Å². The standard InChI is InChI=1S/C22H23F2N5O/c1-3-22(2)18-14(6-9-26-20(18)27-21(22)30)19-13-5-4-12(23)10-17(13)29(28-19)16-7-8-25-11-15(16)24/h4-6,9-10,15-16,25H,3,7-8,11H2,1-2H3,(H,26,27,30)/t15-,16+,22+/m1/s1. The summed E-state index contributed by atoms with van der Waals surface area (Å²) in [6, 6.07) is 5.83. The molecule has 3 aromatic rings. The average molecular weight is 411 g/mol. The summed E-state index contributed by atoms with van der Waals surface area (Å²) in [6.07, 6.45) is 1.67. The van der Waals surface area contributed by atoms with E-state index in [0.717, 1.165) is 16.5 Å². The fraction of sp³-hybridized carbons (Fsp3) is 0.409. The van der Waals surface area contributed by atoms with Crippen LogP contribution < -0.4 is 10.6 Å². The van der Waals surface area contributed by atoms with Crippen LogP contribution in [0.5, 0.6) is 0 Å². The third-order valence-corrected chi connectivity index (χ3v) is 6.56. The Kier molecular flexibility index (Phi) is 4.36. The summed E-state index contributed by atoms with van der Waals surface area (Å²) >= 11 is 0. The highest BCUT2D eigenvalue weighted by molar-refractivity contribution is 6.08. The van der Waals surface area contributed by atoms with Gasteiger partial charge in [-0.2, -0.15) is 5.10 Å². The van der Waals surface area contributed by atoms with E-state index in [1.807, 2.05) is 19.9 Å². The fourth-order valence-corrected chi connectivity index (χ4v) is 4.65. The van der Waals surface area contributed by atoms with Crippen LogP contribution in [0.15, 0.2) is 30.5 Å². The molecule has 2 N–H and O–H groups in total. The number of alkyl halides is 1. The molecule has 2 aliphatic rings. The third kappa shape index (κ3) is 2.66. The van der Waals surface area contributed by atoms with Crippen LogP contribution in [0.4, 0.5) is 14.6 Å². The average Bonchev–Trinajstić information content (AvgIpc) is 3.23. The number of anilines is 1. The van der Waals surface area contributed by atoms with Gasteiger partial charge in [-0.05, 0) is 50.6 Å². The molecule has 0 unspecified atom stereocenters. The zero-order valence-corrected chi connectivity index (χ0v) is 16.9. The maximum atomic E-state index is 14.7. The number of nitrogens with one attached hydrogen (secondary N) is 2. The number of amides is 1. The van der Waals surface area contributed by atoms with Crippen LogP contribution in [-0.4, -0.2) is 39.9 Å². The van der Waals surface area contributed by atoms with E-state index in [2.05, 4.69) is 15.6 Å². The molecule has 8 heteroatoms. The second-order valence-electron chi connectivity index (χ2n) is 8.25. The van der Waals surface area contributed by atoms with Crippen LogP contribution in [0, 0.1) is 5.82 Å². The molecule has 1 aromatic carbocycles. The molecule has 5 rings (SSSR count). The van der Waals surface area contributed by atoms with E-state index in [0.29, 0.717) is 36.4 Å². The largest absolute Gasteiger partial charge is 0.314 e. The number of hydrogen-bond acceptors (Lipinski definition) is 4. The van der Waals surface area contributed by atoms with Gasteiger partial charge in [-0.15, -0.1) is 0 Å². The van der Waals surface area contributed by atoms with Crippen molar-refractivity contribution in [2.24, 2.45) is 0 Å². The molecule has 2 aromatic heterocycles. The number of rotatable bonds is 3. The molecule has 0 spiro atoms. The van der Waals surface area contributed by atoms with Crippen molar-refractivity contribution < 1.29 is 13.6 Å². The number of hydrogen-bond donors (Lipinski definition) is 2. The SMILES string of the molecule is CC[C@]1(C)C(=O)Nc2nccc(-c3nn([C@H]4CCNC[C@H]4F)c4cc(F)ccc34)c21. The van der Waals surface area contributed by atoms with Crippen LogP contribution in [0.25, 0.3) is 22.2 Å². The predicted molar refractivity (Wildman–Crippen MR) is 111 cm³/mol. The van der Waals surface area contributed by atoms with Gasteiger partial charge < -0.3 is 10.6 Å². The maximum Gasteiger partial charge on any atom is 0.236 e. The van der Waals surface area contributed by atoms with Gasteiger partial charge in [0.25, 0.3) is 0 Å². The Morgan fingerprint density at radius 1 is 1.33 bits per heavy atom. The van der Waals surface area contributed by atoms with Crippen molar-refractivity contribution in [3.8, 4) is 11.3 Å². The summed E-state index contributed by atoms with van der Waals surface area (Å²) in [5.74, 6) is 0.0311. The second kappa shape index (κ2) is 6.84. The van der Waals surface area contributed by atoms with Gasteiger partial charge in [-0.1, -0.05) is 6.92 Å². The minimum Gasteiger partial charge on any atom is -0.314 e. The Labute approximate surface area is 172 Å².